The molecule has 1 aliphatic heterocycles. The van der Waals surface area contributed by atoms with E-state index in [0.717, 1.165) is 18.5 Å². The summed E-state index contributed by atoms with van der Waals surface area (Å²) in [5, 5.41) is 3.50. The average molecular weight is 208 g/mol. The summed E-state index contributed by atoms with van der Waals surface area (Å²) >= 11 is 0. The zero-order chi connectivity index (χ0) is 10.7. The minimum Gasteiger partial charge on any atom is -0.316 e. The summed E-state index contributed by atoms with van der Waals surface area (Å²) in [6.07, 6.45) is 5.59. The molecule has 1 saturated heterocycles. The minimum atomic E-state index is 0.874. The topological polar surface area (TPSA) is 15.3 Å². The van der Waals surface area contributed by atoms with Crippen LogP contribution in [-0.2, 0) is 0 Å². The van der Waals surface area contributed by atoms with Crippen LogP contribution in [0.1, 0.15) is 32.6 Å². The first-order valence-electron chi connectivity index (χ1n) is 6.35. The molecule has 2 nitrogen and oxygen atoms in total. The molecule has 0 spiro atoms. The van der Waals surface area contributed by atoms with E-state index in [9.17, 15) is 0 Å². The molecule has 0 aromatic carbocycles. The van der Waals surface area contributed by atoms with Crippen molar-refractivity contribution in [3.63, 3.8) is 0 Å². The number of hydrogen-bond acceptors (Lipinski definition) is 2. The molecule has 0 radical (unpaired) electrons. The Balaban J connectivity index is 1.79. The quantitative estimate of drug-likeness (QED) is 0.695. The highest BCUT2D eigenvalue weighted by molar-refractivity contribution is 4.97. The van der Waals surface area contributed by atoms with Crippen molar-refractivity contribution in [2.24, 2.45) is 5.92 Å². The van der Waals surface area contributed by atoms with Gasteiger partial charge in [-0.05, 0) is 51.6 Å². The highest BCUT2D eigenvalue weighted by Gasteiger charge is 2.30. The first-order chi connectivity index (χ1) is 7.25. The Kier molecular flexibility index (Phi) is 3.81. The maximum absolute atomic E-state index is 4.04. The van der Waals surface area contributed by atoms with Gasteiger partial charge in [0.15, 0.2) is 0 Å². The SMILES string of the molecule is C=C(C)CN(CC1CCCNC1)C1CC1. The third-order valence-corrected chi connectivity index (χ3v) is 3.43. The lowest BCUT2D eigenvalue weighted by molar-refractivity contribution is 0.214. The van der Waals surface area contributed by atoms with Gasteiger partial charge in [-0.25, -0.2) is 0 Å². The minimum absolute atomic E-state index is 0.874. The molecule has 1 unspecified atom stereocenters. The molecule has 1 N–H and O–H groups in total. The van der Waals surface area contributed by atoms with Crippen molar-refractivity contribution in [2.75, 3.05) is 26.2 Å². The van der Waals surface area contributed by atoms with Gasteiger partial charge in [-0.3, -0.25) is 4.90 Å². The summed E-state index contributed by atoms with van der Waals surface area (Å²) in [7, 11) is 0. The highest BCUT2D eigenvalue weighted by atomic mass is 15.2. The van der Waals surface area contributed by atoms with E-state index in [1.165, 1.54) is 50.9 Å². The van der Waals surface area contributed by atoms with Crippen LogP contribution in [0.25, 0.3) is 0 Å². The van der Waals surface area contributed by atoms with Gasteiger partial charge in [-0.15, -0.1) is 0 Å². The van der Waals surface area contributed by atoms with E-state index in [2.05, 4.69) is 23.7 Å². The molecule has 86 valence electrons. The molecule has 0 aromatic rings. The Labute approximate surface area is 93.7 Å². The maximum atomic E-state index is 4.04. The van der Waals surface area contributed by atoms with E-state index in [0.29, 0.717) is 0 Å². The molecular weight excluding hydrogens is 184 g/mol. The lowest BCUT2D eigenvalue weighted by Crippen LogP contribution is -2.39. The van der Waals surface area contributed by atoms with E-state index in [-0.39, 0.29) is 0 Å². The van der Waals surface area contributed by atoms with E-state index in [1.807, 2.05) is 0 Å². The molecule has 2 rings (SSSR count). The third kappa shape index (κ3) is 3.62. The summed E-state index contributed by atoms with van der Waals surface area (Å²) in [4.78, 5) is 2.65. The molecule has 2 fully saturated rings. The Hall–Kier alpha value is -0.340. The van der Waals surface area contributed by atoms with Crippen LogP contribution in [0.15, 0.2) is 12.2 Å². The normalized spacial score (nSPS) is 26.9. The Morgan fingerprint density at radius 2 is 2.20 bits per heavy atom. The molecule has 0 aromatic heterocycles. The fourth-order valence-corrected chi connectivity index (χ4v) is 2.54. The van der Waals surface area contributed by atoms with Gasteiger partial charge in [0, 0.05) is 19.1 Å². The van der Waals surface area contributed by atoms with Crippen LogP contribution < -0.4 is 5.32 Å². The highest BCUT2D eigenvalue weighted by Crippen LogP contribution is 2.28. The van der Waals surface area contributed by atoms with Crippen LogP contribution in [-0.4, -0.2) is 37.1 Å². The molecule has 2 aliphatic rings. The smallest absolute Gasteiger partial charge is 0.0190 e. The van der Waals surface area contributed by atoms with Crippen LogP contribution in [0.3, 0.4) is 0 Å². The summed E-state index contributed by atoms with van der Waals surface area (Å²) in [6.45, 7) is 11.0. The molecule has 1 aliphatic carbocycles. The predicted octanol–water partition coefficient (Wildman–Crippen LogP) is 2.03. The maximum Gasteiger partial charge on any atom is 0.0190 e. The largest absolute Gasteiger partial charge is 0.316 e. The second-order valence-corrected chi connectivity index (χ2v) is 5.33. The average Bonchev–Trinajstić information content (AvgIpc) is 3.01. The van der Waals surface area contributed by atoms with Crippen molar-refractivity contribution < 1.29 is 0 Å². The fourth-order valence-electron chi connectivity index (χ4n) is 2.54. The Morgan fingerprint density at radius 1 is 1.40 bits per heavy atom. The number of nitrogens with one attached hydrogen (secondary N) is 1. The van der Waals surface area contributed by atoms with Crippen LogP contribution in [0, 0.1) is 5.92 Å². The van der Waals surface area contributed by atoms with Crippen molar-refractivity contribution in [1.29, 1.82) is 0 Å². The monoisotopic (exact) mass is 208 g/mol. The lowest BCUT2D eigenvalue weighted by atomic mass is 9.99. The third-order valence-electron chi connectivity index (χ3n) is 3.43. The van der Waals surface area contributed by atoms with Crippen molar-refractivity contribution in [3.05, 3.63) is 12.2 Å². The summed E-state index contributed by atoms with van der Waals surface area (Å²) in [5.74, 6) is 0.874. The van der Waals surface area contributed by atoms with Crippen molar-refractivity contribution in [3.8, 4) is 0 Å². The van der Waals surface area contributed by atoms with Crippen molar-refractivity contribution >= 4 is 0 Å². The van der Waals surface area contributed by atoms with Gasteiger partial charge < -0.3 is 5.32 Å². The van der Waals surface area contributed by atoms with Crippen molar-refractivity contribution in [2.45, 2.75) is 38.6 Å². The number of nitrogens with zero attached hydrogens (tertiary/aromatic N) is 1. The Morgan fingerprint density at radius 3 is 2.73 bits per heavy atom. The molecule has 1 heterocycles. The summed E-state index contributed by atoms with van der Waals surface area (Å²) in [5.41, 5.74) is 1.31. The molecule has 1 saturated carbocycles. The van der Waals surface area contributed by atoms with E-state index in [1.54, 1.807) is 0 Å². The van der Waals surface area contributed by atoms with E-state index >= 15 is 0 Å². The standard InChI is InChI=1S/C13H24N2/c1-11(2)9-15(13-5-6-13)10-12-4-3-7-14-8-12/h12-14H,1,3-10H2,2H3. The van der Waals surface area contributed by atoms with Gasteiger partial charge in [0.1, 0.15) is 0 Å². The van der Waals surface area contributed by atoms with Crippen molar-refractivity contribution in [1.82, 2.24) is 10.2 Å². The van der Waals surface area contributed by atoms with Gasteiger partial charge in [-0.2, -0.15) is 0 Å². The molecular formula is C13H24N2. The summed E-state index contributed by atoms with van der Waals surface area (Å²) < 4.78 is 0. The first kappa shape index (κ1) is 11.2. The molecule has 0 amide bonds. The fraction of sp³-hybridized carbons (Fsp3) is 0.846. The predicted molar refractivity (Wildman–Crippen MR) is 65.0 cm³/mol. The first-order valence-corrected chi connectivity index (χ1v) is 6.35. The molecule has 15 heavy (non-hydrogen) atoms. The molecule has 0 bridgehead atoms. The number of piperidine rings is 1. The number of hydrogen-bond donors (Lipinski definition) is 1. The summed E-state index contributed by atoms with van der Waals surface area (Å²) in [6, 6.07) is 0.878. The lowest BCUT2D eigenvalue weighted by Gasteiger charge is -2.30. The van der Waals surface area contributed by atoms with Gasteiger partial charge in [-0.1, -0.05) is 12.2 Å². The second kappa shape index (κ2) is 5.13. The van der Waals surface area contributed by atoms with Crippen LogP contribution >= 0.6 is 0 Å². The van der Waals surface area contributed by atoms with Crippen LogP contribution in [0.2, 0.25) is 0 Å². The van der Waals surface area contributed by atoms with Gasteiger partial charge >= 0.3 is 0 Å². The Bertz CT molecular complexity index is 215. The van der Waals surface area contributed by atoms with E-state index in [4.69, 9.17) is 0 Å². The van der Waals surface area contributed by atoms with Gasteiger partial charge in [0.05, 0.1) is 0 Å². The molecule has 2 heteroatoms. The van der Waals surface area contributed by atoms with Crippen LogP contribution in [0.4, 0.5) is 0 Å². The van der Waals surface area contributed by atoms with Gasteiger partial charge in [0.2, 0.25) is 0 Å². The van der Waals surface area contributed by atoms with Gasteiger partial charge in [0.25, 0.3) is 0 Å². The van der Waals surface area contributed by atoms with Crippen LogP contribution in [0.5, 0.6) is 0 Å². The second-order valence-electron chi connectivity index (χ2n) is 5.33. The molecule has 1 atom stereocenters. The zero-order valence-corrected chi connectivity index (χ0v) is 9.97. The van der Waals surface area contributed by atoms with E-state index < -0.39 is 0 Å². The number of rotatable bonds is 5. The zero-order valence-electron chi connectivity index (χ0n) is 9.97.